The zero-order chi connectivity index (χ0) is 37.1. The fraction of sp³-hybridized carbons (Fsp3) is 0.0189. The Bertz CT molecular complexity index is 2680. The van der Waals surface area contributed by atoms with Crippen molar-refractivity contribution >= 4 is 44.9 Å². The number of anilines is 6. The van der Waals surface area contributed by atoms with E-state index in [0.717, 1.165) is 62.1 Å². The Morgan fingerprint density at radius 2 is 0.696 bits per heavy atom. The summed E-state index contributed by atoms with van der Waals surface area (Å²) in [6.45, 7) is 0. The van der Waals surface area contributed by atoms with E-state index >= 15 is 0 Å². The number of para-hydroxylation sites is 5. The highest BCUT2D eigenvalue weighted by molar-refractivity contribution is 5.96. The fourth-order valence-corrected chi connectivity index (χ4v) is 9.10. The average Bonchev–Trinajstić information content (AvgIpc) is 3.54. The highest BCUT2D eigenvalue weighted by atomic mass is 16.5. The van der Waals surface area contributed by atoms with E-state index in [1.807, 2.05) is 0 Å². The second-order valence-corrected chi connectivity index (χ2v) is 14.5. The van der Waals surface area contributed by atoms with E-state index in [1.165, 1.54) is 27.6 Å². The number of rotatable bonds is 6. The lowest BCUT2D eigenvalue weighted by atomic mass is 9.66. The van der Waals surface area contributed by atoms with Gasteiger partial charge in [-0.1, -0.05) is 127 Å². The Kier molecular flexibility index (Phi) is 7.39. The standard InChI is InChI=1S/C53H36N2O/c1-5-19-39(20-6-1)54(40-21-7-2-8-22-40)43-29-31-47-45(35-43)46-36-44(55(41-23-9-3-10-24-41)42-25-11-4-12-26-42)30-32-48(46)53(47)49-27-15-16-28-51(49)56-52-34-38-18-14-13-17-37(38)33-50(52)53/h1-36H. The van der Waals surface area contributed by atoms with E-state index in [9.17, 15) is 0 Å². The average molecular weight is 717 g/mol. The lowest BCUT2D eigenvalue weighted by Crippen LogP contribution is -2.32. The zero-order valence-corrected chi connectivity index (χ0v) is 30.6. The molecule has 11 rings (SSSR count). The molecule has 0 fully saturated rings. The van der Waals surface area contributed by atoms with Crippen LogP contribution in [0.3, 0.4) is 0 Å². The highest BCUT2D eigenvalue weighted by Gasteiger charge is 2.51. The van der Waals surface area contributed by atoms with Crippen molar-refractivity contribution in [1.82, 2.24) is 0 Å². The first-order chi connectivity index (χ1) is 27.8. The van der Waals surface area contributed by atoms with Crippen LogP contribution in [0.1, 0.15) is 22.3 Å². The van der Waals surface area contributed by atoms with Crippen LogP contribution in [0, 0.1) is 0 Å². The molecule has 56 heavy (non-hydrogen) atoms. The van der Waals surface area contributed by atoms with Crippen molar-refractivity contribution < 1.29 is 4.74 Å². The van der Waals surface area contributed by atoms with Crippen molar-refractivity contribution in [1.29, 1.82) is 0 Å². The molecule has 0 bridgehead atoms. The Labute approximate surface area is 326 Å². The number of fused-ring (bicyclic) bond motifs is 10. The molecule has 9 aromatic carbocycles. The van der Waals surface area contributed by atoms with Crippen LogP contribution in [-0.4, -0.2) is 0 Å². The third kappa shape index (κ3) is 4.91. The lowest BCUT2D eigenvalue weighted by Gasteiger charge is -2.40. The molecule has 9 aromatic rings. The van der Waals surface area contributed by atoms with E-state index in [4.69, 9.17) is 4.74 Å². The monoisotopic (exact) mass is 716 g/mol. The second-order valence-electron chi connectivity index (χ2n) is 14.5. The molecule has 0 aromatic heterocycles. The topological polar surface area (TPSA) is 15.7 Å². The molecule has 0 saturated carbocycles. The number of hydrogen-bond donors (Lipinski definition) is 0. The van der Waals surface area contributed by atoms with Crippen molar-refractivity contribution in [3.63, 3.8) is 0 Å². The first kappa shape index (κ1) is 32.1. The van der Waals surface area contributed by atoms with Crippen LogP contribution in [0.2, 0.25) is 0 Å². The van der Waals surface area contributed by atoms with Crippen molar-refractivity contribution in [2.75, 3.05) is 9.80 Å². The van der Waals surface area contributed by atoms with Crippen LogP contribution in [-0.2, 0) is 5.41 Å². The Morgan fingerprint density at radius 1 is 0.286 bits per heavy atom. The van der Waals surface area contributed by atoms with Gasteiger partial charge in [0.1, 0.15) is 11.5 Å². The van der Waals surface area contributed by atoms with Crippen molar-refractivity contribution in [3.05, 3.63) is 241 Å². The van der Waals surface area contributed by atoms with Gasteiger partial charge in [0.2, 0.25) is 0 Å². The molecule has 3 nitrogen and oxygen atoms in total. The number of benzene rings is 9. The molecule has 0 radical (unpaired) electrons. The maximum Gasteiger partial charge on any atom is 0.132 e. The Balaban J connectivity index is 1.23. The summed E-state index contributed by atoms with van der Waals surface area (Å²) in [5.41, 5.74) is 13.2. The molecule has 0 N–H and O–H groups in total. The van der Waals surface area contributed by atoms with Gasteiger partial charge in [-0.3, -0.25) is 0 Å². The normalized spacial score (nSPS) is 12.9. The zero-order valence-electron chi connectivity index (χ0n) is 30.6. The van der Waals surface area contributed by atoms with Crippen LogP contribution in [0.5, 0.6) is 11.5 Å². The summed E-state index contributed by atoms with van der Waals surface area (Å²) in [6.07, 6.45) is 0. The maximum absolute atomic E-state index is 6.84. The molecule has 0 unspecified atom stereocenters. The highest BCUT2D eigenvalue weighted by Crippen LogP contribution is 2.63. The molecule has 0 atom stereocenters. The van der Waals surface area contributed by atoms with Crippen LogP contribution in [0.15, 0.2) is 218 Å². The molecule has 3 heteroatoms. The molecule has 264 valence electrons. The first-order valence-corrected chi connectivity index (χ1v) is 19.2. The van der Waals surface area contributed by atoms with Gasteiger partial charge in [0.15, 0.2) is 0 Å². The van der Waals surface area contributed by atoms with Crippen LogP contribution >= 0.6 is 0 Å². The van der Waals surface area contributed by atoms with E-state index in [0.29, 0.717) is 0 Å². The van der Waals surface area contributed by atoms with Crippen molar-refractivity contribution in [3.8, 4) is 22.6 Å². The van der Waals surface area contributed by atoms with E-state index < -0.39 is 5.41 Å². The minimum absolute atomic E-state index is 0.620. The van der Waals surface area contributed by atoms with Gasteiger partial charge >= 0.3 is 0 Å². The molecule has 0 saturated heterocycles. The molecule has 2 aliphatic rings. The second kappa shape index (κ2) is 12.9. The van der Waals surface area contributed by atoms with Crippen LogP contribution in [0.25, 0.3) is 21.9 Å². The third-order valence-corrected chi connectivity index (χ3v) is 11.4. The molecular formula is C53H36N2O. The maximum atomic E-state index is 6.84. The van der Waals surface area contributed by atoms with Crippen molar-refractivity contribution in [2.45, 2.75) is 5.41 Å². The molecule has 0 amide bonds. The predicted molar refractivity (Wildman–Crippen MR) is 231 cm³/mol. The van der Waals surface area contributed by atoms with Gasteiger partial charge in [0.05, 0.1) is 5.41 Å². The molecule has 1 aliphatic carbocycles. The van der Waals surface area contributed by atoms with Gasteiger partial charge in [-0.25, -0.2) is 0 Å². The SMILES string of the molecule is c1ccc(N(c2ccccc2)c2ccc3c(c2)-c2cc(N(c4ccccc4)c4ccccc4)ccc2C32c3ccccc3Oc3cc4ccccc4cc32)cc1. The summed E-state index contributed by atoms with van der Waals surface area (Å²) in [4.78, 5) is 4.71. The molecule has 1 spiro atoms. The number of hydrogen-bond acceptors (Lipinski definition) is 3. The van der Waals surface area contributed by atoms with Gasteiger partial charge in [-0.15, -0.1) is 0 Å². The Hall–Kier alpha value is -7.36. The Morgan fingerprint density at radius 3 is 1.18 bits per heavy atom. The summed E-state index contributed by atoms with van der Waals surface area (Å²) >= 11 is 0. The van der Waals surface area contributed by atoms with E-state index in [-0.39, 0.29) is 0 Å². The lowest BCUT2D eigenvalue weighted by molar-refractivity contribution is 0.437. The molecule has 1 aliphatic heterocycles. The molecular weight excluding hydrogens is 681 g/mol. The van der Waals surface area contributed by atoms with E-state index in [1.54, 1.807) is 0 Å². The predicted octanol–water partition coefficient (Wildman–Crippen LogP) is 14.2. The summed E-state index contributed by atoms with van der Waals surface area (Å²) in [6, 6.07) is 78.6. The summed E-state index contributed by atoms with van der Waals surface area (Å²) < 4.78 is 6.84. The minimum atomic E-state index is -0.620. The van der Waals surface area contributed by atoms with E-state index in [2.05, 4.69) is 228 Å². The third-order valence-electron chi connectivity index (χ3n) is 11.4. The van der Waals surface area contributed by atoms with Gasteiger partial charge in [-0.2, -0.15) is 0 Å². The van der Waals surface area contributed by atoms with Gasteiger partial charge < -0.3 is 14.5 Å². The van der Waals surface area contributed by atoms with Crippen LogP contribution in [0.4, 0.5) is 34.1 Å². The smallest absolute Gasteiger partial charge is 0.132 e. The fourth-order valence-electron chi connectivity index (χ4n) is 9.10. The quantitative estimate of drug-likeness (QED) is 0.170. The first-order valence-electron chi connectivity index (χ1n) is 19.2. The summed E-state index contributed by atoms with van der Waals surface area (Å²) in [5.74, 6) is 1.77. The number of ether oxygens (including phenoxy) is 1. The van der Waals surface area contributed by atoms with Gasteiger partial charge in [-0.05, 0) is 124 Å². The minimum Gasteiger partial charge on any atom is -0.457 e. The summed E-state index contributed by atoms with van der Waals surface area (Å²) in [7, 11) is 0. The largest absolute Gasteiger partial charge is 0.457 e. The van der Waals surface area contributed by atoms with Crippen LogP contribution < -0.4 is 14.5 Å². The van der Waals surface area contributed by atoms with Crippen molar-refractivity contribution in [2.24, 2.45) is 0 Å². The molecule has 1 heterocycles. The number of nitrogens with zero attached hydrogens (tertiary/aromatic N) is 2. The summed E-state index contributed by atoms with van der Waals surface area (Å²) in [5, 5.41) is 2.35. The van der Waals surface area contributed by atoms with Gasteiger partial charge in [0, 0.05) is 45.3 Å². The van der Waals surface area contributed by atoms with Gasteiger partial charge in [0.25, 0.3) is 0 Å².